The van der Waals surface area contributed by atoms with Crippen LogP contribution in [0.1, 0.15) is 176 Å². The van der Waals surface area contributed by atoms with E-state index < -0.39 is 0 Å². The molecule has 6 N–H and O–H groups in total. The fourth-order valence-electron chi connectivity index (χ4n) is 8.30. The summed E-state index contributed by atoms with van der Waals surface area (Å²) < 4.78 is 5.42. The maximum Gasteiger partial charge on any atom is 0.290 e. The normalized spacial score (nSPS) is 17.9. The van der Waals surface area contributed by atoms with E-state index in [1.165, 1.54) is 73.6 Å². The number of carboxylic acid groups (broad SMARTS) is 1. The molecule has 1 heterocycles. The number of allylic oxidation sites excluding steroid dienone is 1. The fourth-order valence-corrected chi connectivity index (χ4v) is 8.30. The van der Waals surface area contributed by atoms with Crippen molar-refractivity contribution < 1.29 is 14.6 Å². The molecule has 2 unspecified atom stereocenters. The van der Waals surface area contributed by atoms with Crippen LogP contribution < -0.4 is 16.8 Å². The number of rotatable bonds is 16. The van der Waals surface area contributed by atoms with Crippen molar-refractivity contribution in [2.45, 2.75) is 202 Å². The number of carbonyl (C=O) groups is 1. The van der Waals surface area contributed by atoms with Gasteiger partial charge in [0.2, 0.25) is 0 Å². The number of unbranched alkanes of at least 4 members (excludes halogenated alkanes) is 5. The summed E-state index contributed by atoms with van der Waals surface area (Å²) in [7, 11) is 1.81. The van der Waals surface area contributed by atoms with Crippen LogP contribution >= 0.6 is 0 Å². The van der Waals surface area contributed by atoms with Crippen LogP contribution in [0.5, 0.6) is 0 Å². The van der Waals surface area contributed by atoms with Crippen molar-refractivity contribution in [2.75, 3.05) is 12.8 Å². The Hall–Kier alpha value is -1.89. The summed E-state index contributed by atoms with van der Waals surface area (Å²) in [6, 6.07) is 2.41. The molecule has 2 atom stereocenters. The quantitative estimate of drug-likeness (QED) is 0.0591. The first-order valence-electron chi connectivity index (χ1n) is 19.6. The fraction of sp³-hybridized carbons (Fsp3) is 0.795. The number of hydrogen-bond acceptors (Lipinski definition) is 5. The maximum atomic E-state index is 8.36. The SMILES string of the molecule is C=CC(CCCCCCCC)(Cc1cc(C(C)(C)C)c(N)c(C)c1C)C(CC(C)C)CC(C)(C)N.COC1CC(C)(C)NC(C)(C)C1.O=CO. The Bertz CT molecular complexity index is 1130. The number of nitrogen functional groups attached to an aromatic ring is 1. The summed E-state index contributed by atoms with van der Waals surface area (Å²) in [6.45, 7) is 35.8. The Morgan fingerprint density at radius 3 is 1.92 bits per heavy atom. The minimum Gasteiger partial charge on any atom is -0.483 e. The largest absolute Gasteiger partial charge is 0.483 e. The van der Waals surface area contributed by atoms with E-state index in [2.05, 4.69) is 121 Å². The van der Waals surface area contributed by atoms with Gasteiger partial charge in [-0.1, -0.05) is 92.2 Å². The molecular weight excluding hydrogens is 619 g/mol. The predicted molar refractivity (Wildman–Crippen MR) is 219 cm³/mol. The Kier molecular flexibility index (Phi) is 20.2. The predicted octanol–water partition coefficient (Wildman–Crippen LogP) is 11.1. The van der Waals surface area contributed by atoms with Crippen LogP contribution in [-0.2, 0) is 21.4 Å². The van der Waals surface area contributed by atoms with Gasteiger partial charge in [-0.25, -0.2) is 0 Å². The molecule has 0 bridgehead atoms. The second-order valence-electron chi connectivity index (χ2n) is 18.9. The molecule has 0 aromatic heterocycles. The van der Waals surface area contributed by atoms with Crippen LogP contribution in [0.15, 0.2) is 18.7 Å². The van der Waals surface area contributed by atoms with Gasteiger partial charge in [-0.3, -0.25) is 4.79 Å². The number of nitrogens with one attached hydrogen (secondary N) is 1. The minimum absolute atomic E-state index is 0.0179. The summed E-state index contributed by atoms with van der Waals surface area (Å²) in [5.41, 5.74) is 19.9. The summed E-state index contributed by atoms with van der Waals surface area (Å²) >= 11 is 0. The Morgan fingerprint density at radius 2 is 1.50 bits per heavy atom. The van der Waals surface area contributed by atoms with E-state index in [9.17, 15) is 0 Å². The van der Waals surface area contributed by atoms with Crippen molar-refractivity contribution in [3.8, 4) is 0 Å². The second kappa shape index (κ2) is 21.0. The van der Waals surface area contributed by atoms with Crippen LogP contribution in [0, 0.1) is 31.1 Å². The molecule has 1 aromatic rings. The van der Waals surface area contributed by atoms with Crippen molar-refractivity contribution in [1.82, 2.24) is 5.32 Å². The highest BCUT2D eigenvalue weighted by Crippen LogP contribution is 2.47. The van der Waals surface area contributed by atoms with Crippen LogP contribution in [0.25, 0.3) is 0 Å². The van der Waals surface area contributed by atoms with Crippen molar-refractivity contribution in [2.24, 2.45) is 23.0 Å². The van der Waals surface area contributed by atoms with E-state index >= 15 is 0 Å². The van der Waals surface area contributed by atoms with Gasteiger partial charge in [0.25, 0.3) is 6.47 Å². The minimum atomic E-state index is -0.250. The number of piperidine rings is 1. The zero-order chi connectivity index (χ0) is 39.1. The molecule has 6 nitrogen and oxygen atoms in total. The smallest absolute Gasteiger partial charge is 0.290 e. The first-order valence-corrected chi connectivity index (χ1v) is 19.6. The second-order valence-corrected chi connectivity index (χ2v) is 18.9. The van der Waals surface area contributed by atoms with Gasteiger partial charge >= 0.3 is 0 Å². The van der Waals surface area contributed by atoms with Gasteiger partial charge < -0.3 is 26.6 Å². The third kappa shape index (κ3) is 17.1. The summed E-state index contributed by atoms with van der Waals surface area (Å²) in [4.78, 5) is 8.36. The Morgan fingerprint density at radius 1 is 1.00 bits per heavy atom. The number of ether oxygens (including phenoxy) is 1. The molecule has 1 fully saturated rings. The molecule has 0 aliphatic carbocycles. The van der Waals surface area contributed by atoms with E-state index in [0.29, 0.717) is 17.9 Å². The van der Waals surface area contributed by atoms with Crippen molar-refractivity contribution in [3.63, 3.8) is 0 Å². The van der Waals surface area contributed by atoms with Crippen LogP contribution in [0.4, 0.5) is 5.69 Å². The molecule has 6 heteroatoms. The molecule has 1 aliphatic rings. The van der Waals surface area contributed by atoms with Gasteiger partial charge in [0.05, 0.1) is 6.10 Å². The molecule has 0 amide bonds. The summed E-state index contributed by atoms with van der Waals surface area (Å²) in [5.74, 6) is 1.14. The first kappa shape index (κ1) is 48.1. The molecule has 50 heavy (non-hydrogen) atoms. The van der Waals surface area contributed by atoms with Crippen molar-refractivity contribution >= 4 is 12.2 Å². The molecule has 2 rings (SSSR count). The zero-order valence-corrected chi connectivity index (χ0v) is 35.6. The number of hydrogen-bond donors (Lipinski definition) is 4. The monoisotopic (exact) mass is 702 g/mol. The average Bonchev–Trinajstić information content (AvgIpc) is 2.95. The first-order chi connectivity index (χ1) is 22.8. The molecule has 0 saturated carbocycles. The van der Waals surface area contributed by atoms with Crippen LogP contribution in [-0.4, -0.2) is 41.4 Å². The molecule has 0 spiro atoms. The van der Waals surface area contributed by atoms with Crippen molar-refractivity contribution in [1.29, 1.82) is 0 Å². The topological polar surface area (TPSA) is 111 Å². The van der Waals surface area contributed by atoms with Gasteiger partial charge in [-0.15, -0.1) is 6.58 Å². The highest BCUT2D eigenvalue weighted by Gasteiger charge is 2.40. The van der Waals surface area contributed by atoms with Gasteiger partial charge in [0, 0.05) is 29.4 Å². The highest BCUT2D eigenvalue weighted by molar-refractivity contribution is 5.61. The highest BCUT2D eigenvalue weighted by atomic mass is 16.5. The number of methoxy groups -OCH3 is 1. The third-order valence-corrected chi connectivity index (χ3v) is 10.6. The number of anilines is 1. The van der Waals surface area contributed by atoms with Gasteiger partial charge in [0.1, 0.15) is 0 Å². The van der Waals surface area contributed by atoms with E-state index in [1.807, 2.05) is 7.11 Å². The lowest BCUT2D eigenvalue weighted by molar-refractivity contribution is -0.122. The van der Waals surface area contributed by atoms with Gasteiger partial charge in [-0.05, 0) is 139 Å². The summed E-state index contributed by atoms with van der Waals surface area (Å²) in [6.07, 6.45) is 17.3. The van der Waals surface area contributed by atoms with Crippen molar-refractivity contribution in [3.05, 3.63) is 41.0 Å². The van der Waals surface area contributed by atoms with Gasteiger partial charge in [0.15, 0.2) is 0 Å². The lowest BCUT2D eigenvalue weighted by Crippen LogP contribution is -2.59. The number of nitrogens with two attached hydrogens (primary N) is 2. The van der Waals surface area contributed by atoms with E-state index in [1.54, 1.807) is 0 Å². The molecule has 1 aromatic carbocycles. The molecule has 1 saturated heterocycles. The Labute approximate surface area is 310 Å². The van der Waals surface area contributed by atoms with E-state index in [0.717, 1.165) is 31.4 Å². The van der Waals surface area contributed by atoms with E-state index in [-0.39, 0.29) is 33.9 Å². The van der Waals surface area contributed by atoms with Gasteiger partial charge in [-0.2, -0.15) is 0 Å². The Balaban J connectivity index is 0.00000132. The zero-order valence-electron chi connectivity index (χ0n) is 35.6. The molecular formula is C44H83N3O3. The number of benzene rings is 1. The maximum absolute atomic E-state index is 8.36. The van der Waals surface area contributed by atoms with Crippen LogP contribution in [0.2, 0.25) is 0 Å². The standard InChI is InChI=1S/C33H60N2.C10H21NO.CH2O2/c1-12-14-15-16-17-18-19-33(13-2,28(20-24(3)4)23-32(10,11)35)22-27-21-29(31(7,8)9)30(34)26(6)25(27)5;1-9(2)6-8(12-5)7-10(3,4)11-9;2-1-3/h13,21,24,28H,2,12,14-20,22-23,34-35H2,1,3-11H3;8,11H,6-7H2,1-5H3;1H,(H,2,3). The molecule has 292 valence electrons. The van der Waals surface area contributed by atoms with E-state index in [4.69, 9.17) is 26.1 Å². The lowest BCUT2D eigenvalue weighted by atomic mass is 9.62. The molecule has 0 radical (unpaired) electrons. The van der Waals surface area contributed by atoms with Crippen LogP contribution in [0.3, 0.4) is 0 Å². The third-order valence-electron chi connectivity index (χ3n) is 10.6. The lowest BCUT2D eigenvalue weighted by Gasteiger charge is -2.45. The average molecular weight is 702 g/mol. The molecule has 1 aliphatic heterocycles. The summed E-state index contributed by atoms with van der Waals surface area (Å²) in [5, 5.41) is 10.5.